The van der Waals surface area contributed by atoms with Crippen molar-refractivity contribution >= 4 is 11.8 Å². The highest BCUT2D eigenvalue weighted by Gasteiger charge is 2.08. The van der Waals surface area contributed by atoms with Gasteiger partial charge in [0.25, 0.3) is 0 Å². The zero-order valence-corrected chi connectivity index (χ0v) is 7.16. The Hall–Kier alpha value is -1.58. The van der Waals surface area contributed by atoms with E-state index in [4.69, 9.17) is 0 Å². The van der Waals surface area contributed by atoms with E-state index in [2.05, 4.69) is 0 Å². The Kier molecular flexibility index (Phi) is 2.84. The number of hydrogen-bond donors (Lipinski definition) is 0. The lowest BCUT2D eigenvalue weighted by molar-refractivity contribution is -0.246. The van der Waals surface area contributed by atoms with Crippen molar-refractivity contribution in [2.45, 2.75) is 6.92 Å². The third-order valence-electron chi connectivity index (χ3n) is 1.68. The summed E-state index contributed by atoms with van der Waals surface area (Å²) in [6.45, 7) is 1.78. The summed E-state index contributed by atoms with van der Waals surface area (Å²) < 4.78 is 13.1. The number of carboxylic acid groups (broad SMARTS) is 1. The van der Waals surface area contributed by atoms with Crippen molar-refractivity contribution in [1.82, 2.24) is 0 Å². The molecule has 1 rings (SSSR count). The van der Waals surface area contributed by atoms with E-state index < -0.39 is 11.9 Å². The lowest BCUT2D eigenvalue weighted by Gasteiger charge is -2.23. The number of benzene rings is 1. The van der Waals surface area contributed by atoms with Gasteiger partial charge in [0.1, 0.15) is 11.9 Å². The molecule has 0 atom stereocenters. The van der Waals surface area contributed by atoms with Crippen LogP contribution in [0.15, 0.2) is 24.3 Å². The van der Waals surface area contributed by atoms with Crippen molar-refractivity contribution in [1.29, 1.82) is 0 Å². The van der Waals surface area contributed by atoms with Gasteiger partial charge < -0.3 is 14.8 Å². The molecule has 0 fully saturated rings. The van der Waals surface area contributed by atoms with Crippen LogP contribution in [0.3, 0.4) is 0 Å². The maximum Gasteiger partial charge on any atom is 0.146 e. The van der Waals surface area contributed by atoms with Crippen molar-refractivity contribution in [2.75, 3.05) is 11.4 Å². The van der Waals surface area contributed by atoms with Gasteiger partial charge in [0.15, 0.2) is 0 Å². The Morgan fingerprint density at radius 2 is 2.15 bits per heavy atom. The van der Waals surface area contributed by atoms with Crippen molar-refractivity contribution < 1.29 is 14.3 Å². The fourth-order valence-corrected chi connectivity index (χ4v) is 1.07. The van der Waals surface area contributed by atoms with E-state index in [1.165, 1.54) is 18.2 Å². The third kappa shape index (κ3) is 1.96. The van der Waals surface area contributed by atoms with E-state index in [1.54, 1.807) is 13.0 Å². The second kappa shape index (κ2) is 3.89. The predicted molar refractivity (Wildman–Crippen MR) is 44.8 cm³/mol. The third-order valence-corrected chi connectivity index (χ3v) is 1.68. The molecule has 0 N–H and O–H groups in total. The predicted octanol–water partition coefficient (Wildman–Crippen LogP) is 0.995. The summed E-state index contributed by atoms with van der Waals surface area (Å²) in [5.41, 5.74) is 0.0324. The Labute approximate surface area is 75.4 Å². The highest BCUT2D eigenvalue weighted by Crippen LogP contribution is 2.17. The highest BCUT2D eigenvalue weighted by atomic mass is 19.1. The van der Waals surface area contributed by atoms with Crippen LogP contribution in [0.1, 0.15) is 6.92 Å². The van der Waals surface area contributed by atoms with Gasteiger partial charge in [-0.3, -0.25) is 0 Å². The van der Waals surface area contributed by atoms with Crippen molar-refractivity contribution in [3.63, 3.8) is 0 Å². The molecule has 0 aliphatic heterocycles. The SMILES string of the molecule is CCN(C(=O)[O-])c1ccccc1F. The molecule has 0 heterocycles. The summed E-state index contributed by atoms with van der Waals surface area (Å²) in [7, 11) is 0. The average Bonchev–Trinajstić information content (AvgIpc) is 2.09. The number of anilines is 1. The van der Waals surface area contributed by atoms with Crippen LogP contribution in [-0.4, -0.2) is 12.6 Å². The van der Waals surface area contributed by atoms with Gasteiger partial charge in [0, 0.05) is 6.54 Å². The first-order valence-corrected chi connectivity index (χ1v) is 3.90. The zero-order valence-electron chi connectivity index (χ0n) is 7.16. The Morgan fingerprint density at radius 1 is 1.54 bits per heavy atom. The minimum Gasteiger partial charge on any atom is -0.530 e. The lowest BCUT2D eigenvalue weighted by Crippen LogP contribution is -2.41. The molecule has 13 heavy (non-hydrogen) atoms. The van der Waals surface area contributed by atoms with E-state index in [-0.39, 0.29) is 12.2 Å². The van der Waals surface area contributed by atoms with Gasteiger partial charge in [0.05, 0.1) is 5.69 Å². The molecule has 1 aromatic carbocycles. The van der Waals surface area contributed by atoms with E-state index in [0.29, 0.717) is 0 Å². The minimum absolute atomic E-state index is 0.0324. The summed E-state index contributed by atoms with van der Waals surface area (Å²) in [6, 6.07) is 5.68. The summed E-state index contributed by atoms with van der Waals surface area (Å²) >= 11 is 0. The number of carbonyl (C=O) groups excluding carboxylic acids is 1. The molecule has 1 aromatic rings. The average molecular weight is 182 g/mol. The number of rotatable bonds is 2. The zero-order chi connectivity index (χ0) is 9.84. The molecular weight excluding hydrogens is 173 g/mol. The number of halogens is 1. The summed E-state index contributed by atoms with van der Waals surface area (Å²) in [6.07, 6.45) is -1.40. The topological polar surface area (TPSA) is 43.4 Å². The number of amides is 1. The molecule has 0 aliphatic rings. The van der Waals surface area contributed by atoms with Crippen LogP contribution < -0.4 is 10.0 Å². The number of hydrogen-bond acceptors (Lipinski definition) is 2. The Bertz CT molecular complexity index is 314. The van der Waals surface area contributed by atoms with Crippen molar-refractivity contribution in [3.8, 4) is 0 Å². The normalized spacial score (nSPS) is 9.69. The number of para-hydroxylation sites is 1. The minimum atomic E-state index is -1.40. The maximum atomic E-state index is 13.1. The molecule has 0 spiro atoms. The fraction of sp³-hybridized carbons (Fsp3) is 0.222. The number of carbonyl (C=O) groups is 1. The Balaban J connectivity index is 3.04. The molecular formula is C9H9FNO2-. The molecule has 0 unspecified atom stereocenters. The first-order chi connectivity index (χ1) is 6.16. The Morgan fingerprint density at radius 3 is 2.62 bits per heavy atom. The fourth-order valence-electron chi connectivity index (χ4n) is 1.07. The van der Waals surface area contributed by atoms with E-state index in [1.807, 2.05) is 0 Å². The largest absolute Gasteiger partial charge is 0.530 e. The molecule has 3 nitrogen and oxygen atoms in total. The van der Waals surface area contributed by atoms with Gasteiger partial charge in [-0.25, -0.2) is 4.39 Å². The summed E-state index contributed by atoms with van der Waals surface area (Å²) in [4.78, 5) is 11.4. The van der Waals surface area contributed by atoms with E-state index in [9.17, 15) is 14.3 Å². The van der Waals surface area contributed by atoms with Crippen LogP contribution in [-0.2, 0) is 0 Å². The summed E-state index contributed by atoms with van der Waals surface area (Å²) in [5, 5.41) is 10.5. The first kappa shape index (κ1) is 9.51. The van der Waals surface area contributed by atoms with Crippen molar-refractivity contribution in [3.05, 3.63) is 30.1 Å². The van der Waals surface area contributed by atoms with Crippen LogP contribution in [0, 0.1) is 5.82 Å². The van der Waals surface area contributed by atoms with Crippen LogP contribution in [0.2, 0.25) is 0 Å². The van der Waals surface area contributed by atoms with Gasteiger partial charge in [-0.2, -0.15) is 0 Å². The molecule has 0 aromatic heterocycles. The molecule has 0 radical (unpaired) electrons. The van der Waals surface area contributed by atoms with Gasteiger partial charge in [-0.15, -0.1) is 0 Å². The highest BCUT2D eigenvalue weighted by molar-refractivity contribution is 5.84. The molecule has 0 saturated carbocycles. The van der Waals surface area contributed by atoms with Crippen molar-refractivity contribution in [2.24, 2.45) is 0 Å². The molecule has 1 amide bonds. The standard InChI is InChI=1S/C9H10FNO2/c1-2-11(9(12)13)8-6-4-3-5-7(8)10/h3-6H,2H2,1H3,(H,12,13)/p-1. The van der Waals surface area contributed by atoms with Crippen LogP contribution in [0.4, 0.5) is 14.9 Å². The summed E-state index contributed by atoms with van der Waals surface area (Å²) in [5.74, 6) is -0.562. The lowest BCUT2D eigenvalue weighted by atomic mass is 10.3. The molecule has 4 heteroatoms. The monoisotopic (exact) mass is 182 g/mol. The molecule has 0 aliphatic carbocycles. The molecule has 0 bridgehead atoms. The number of nitrogens with zero attached hydrogens (tertiary/aromatic N) is 1. The van der Waals surface area contributed by atoms with Gasteiger partial charge in [-0.05, 0) is 19.1 Å². The second-order valence-corrected chi connectivity index (χ2v) is 2.46. The maximum absolute atomic E-state index is 13.1. The first-order valence-electron chi connectivity index (χ1n) is 3.90. The quantitative estimate of drug-likeness (QED) is 0.684. The molecule has 0 saturated heterocycles. The van der Waals surface area contributed by atoms with Crippen LogP contribution in [0.25, 0.3) is 0 Å². The van der Waals surface area contributed by atoms with Gasteiger partial charge in [0.2, 0.25) is 0 Å². The van der Waals surface area contributed by atoms with Crippen LogP contribution >= 0.6 is 0 Å². The van der Waals surface area contributed by atoms with Crippen LogP contribution in [0.5, 0.6) is 0 Å². The van der Waals surface area contributed by atoms with Gasteiger partial charge >= 0.3 is 0 Å². The van der Waals surface area contributed by atoms with Gasteiger partial charge in [-0.1, -0.05) is 12.1 Å². The smallest absolute Gasteiger partial charge is 0.146 e. The van der Waals surface area contributed by atoms with E-state index in [0.717, 1.165) is 4.90 Å². The molecule has 70 valence electrons. The second-order valence-electron chi connectivity index (χ2n) is 2.46. The van der Waals surface area contributed by atoms with E-state index >= 15 is 0 Å².